The first-order valence-corrected chi connectivity index (χ1v) is 6.07. The molecule has 0 saturated carbocycles. The number of benzene rings is 1. The molecule has 1 unspecified atom stereocenters. The summed E-state index contributed by atoms with van der Waals surface area (Å²) < 4.78 is 17.5. The number of rotatable bonds is 5. The van der Waals surface area contributed by atoms with Crippen molar-refractivity contribution in [2.75, 3.05) is 21.3 Å². The molecule has 0 radical (unpaired) electrons. The molecule has 0 amide bonds. The molecule has 0 aliphatic heterocycles. The van der Waals surface area contributed by atoms with Crippen molar-refractivity contribution in [3.05, 3.63) is 35.7 Å². The van der Waals surface area contributed by atoms with Crippen LogP contribution in [0.5, 0.6) is 17.2 Å². The van der Waals surface area contributed by atoms with Crippen molar-refractivity contribution in [2.24, 2.45) is 7.05 Å². The van der Waals surface area contributed by atoms with Gasteiger partial charge in [-0.1, -0.05) is 0 Å². The van der Waals surface area contributed by atoms with E-state index in [9.17, 15) is 5.11 Å². The molecule has 1 aromatic heterocycles. The van der Waals surface area contributed by atoms with Crippen molar-refractivity contribution in [2.45, 2.75) is 6.10 Å². The zero-order valence-corrected chi connectivity index (χ0v) is 12.0. The number of ether oxygens (including phenoxy) is 3. The summed E-state index contributed by atoms with van der Waals surface area (Å²) in [5.41, 5.74) is 1.27. The van der Waals surface area contributed by atoms with Crippen molar-refractivity contribution < 1.29 is 19.3 Å². The summed E-state index contributed by atoms with van der Waals surface area (Å²) in [7, 11) is 6.40. The van der Waals surface area contributed by atoms with E-state index in [4.69, 9.17) is 14.2 Å². The third-order valence-electron chi connectivity index (χ3n) is 3.07. The molecule has 0 aliphatic rings. The van der Waals surface area contributed by atoms with Crippen LogP contribution in [0.4, 0.5) is 0 Å². The van der Waals surface area contributed by atoms with Crippen LogP contribution in [-0.4, -0.2) is 36.2 Å². The zero-order chi connectivity index (χ0) is 14.7. The van der Waals surface area contributed by atoms with E-state index in [1.54, 1.807) is 43.4 Å². The summed E-state index contributed by atoms with van der Waals surface area (Å²) in [6, 6.07) is 3.48. The average molecular weight is 278 g/mol. The predicted molar refractivity (Wildman–Crippen MR) is 73.4 cm³/mol. The Morgan fingerprint density at radius 1 is 1.10 bits per heavy atom. The lowest BCUT2D eigenvalue weighted by Crippen LogP contribution is -2.04. The summed E-state index contributed by atoms with van der Waals surface area (Å²) in [6.07, 6.45) is 2.51. The molecule has 0 fully saturated rings. The van der Waals surface area contributed by atoms with E-state index in [0.29, 0.717) is 28.4 Å². The molecule has 2 rings (SSSR count). The monoisotopic (exact) mass is 278 g/mol. The maximum atomic E-state index is 10.5. The lowest BCUT2D eigenvalue weighted by Gasteiger charge is -2.18. The van der Waals surface area contributed by atoms with Gasteiger partial charge in [-0.2, -0.15) is 5.10 Å². The van der Waals surface area contributed by atoms with Crippen LogP contribution < -0.4 is 14.2 Å². The summed E-state index contributed by atoms with van der Waals surface area (Å²) in [5, 5.41) is 14.5. The fourth-order valence-electron chi connectivity index (χ4n) is 2.10. The van der Waals surface area contributed by atoms with Gasteiger partial charge in [0.1, 0.15) is 6.10 Å². The summed E-state index contributed by atoms with van der Waals surface area (Å²) >= 11 is 0. The van der Waals surface area contributed by atoms with Crippen LogP contribution in [-0.2, 0) is 7.05 Å². The topological polar surface area (TPSA) is 65.7 Å². The molecule has 1 aromatic carbocycles. The minimum atomic E-state index is -0.849. The van der Waals surface area contributed by atoms with Gasteiger partial charge in [-0.15, -0.1) is 0 Å². The number of aryl methyl sites for hydroxylation is 1. The molecule has 1 heterocycles. The number of nitrogens with zero attached hydrogens (tertiary/aromatic N) is 2. The Labute approximate surface area is 117 Å². The van der Waals surface area contributed by atoms with Gasteiger partial charge in [0.15, 0.2) is 11.5 Å². The van der Waals surface area contributed by atoms with Crippen LogP contribution in [0.1, 0.15) is 17.2 Å². The molecule has 6 heteroatoms. The molecule has 6 nitrogen and oxygen atoms in total. The normalized spacial score (nSPS) is 12.1. The van der Waals surface area contributed by atoms with Gasteiger partial charge in [-0.3, -0.25) is 4.68 Å². The molecule has 108 valence electrons. The van der Waals surface area contributed by atoms with E-state index in [0.717, 1.165) is 0 Å². The van der Waals surface area contributed by atoms with E-state index in [-0.39, 0.29) is 0 Å². The number of hydrogen-bond acceptors (Lipinski definition) is 5. The van der Waals surface area contributed by atoms with Gasteiger partial charge in [0.25, 0.3) is 0 Å². The van der Waals surface area contributed by atoms with Crippen molar-refractivity contribution in [1.82, 2.24) is 9.78 Å². The fourth-order valence-corrected chi connectivity index (χ4v) is 2.10. The Hall–Kier alpha value is -2.21. The minimum Gasteiger partial charge on any atom is -0.493 e. The highest BCUT2D eigenvalue weighted by Crippen LogP contribution is 2.43. The SMILES string of the molecule is COc1ccc(C(O)c2cnn(C)c2)c(OC)c1OC. The van der Waals surface area contributed by atoms with E-state index < -0.39 is 6.10 Å². The fraction of sp³-hybridized carbons (Fsp3) is 0.357. The Balaban J connectivity index is 2.51. The molecule has 0 bridgehead atoms. The van der Waals surface area contributed by atoms with Gasteiger partial charge in [0, 0.05) is 24.4 Å². The molecule has 0 spiro atoms. The van der Waals surface area contributed by atoms with E-state index in [2.05, 4.69) is 5.10 Å². The standard InChI is InChI=1S/C14H18N2O4/c1-16-8-9(7-15-16)12(17)10-5-6-11(18-2)14(20-4)13(10)19-3/h5-8,12,17H,1-4H3. The number of aliphatic hydroxyl groups excluding tert-OH is 1. The van der Waals surface area contributed by atoms with Gasteiger partial charge in [-0.25, -0.2) is 0 Å². The third kappa shape index (κ3) is 2.42. The predicted octanol–water partition coefficient (Wildman–Crippen LogP) is 1.53. The first kappa shape index (κ1) is 14.2. The van der Waals surface area contributed by atoms with E-state index >= 15 is 0 Å². The second-order valence-electron chi connectivity index (χ2n) is 4.27. The number of aliphatic hydroxyl groups is 1. The Bertz CT molecular complexity index is 595. The Morgan fingerprint density at radius 2 is 1.80 bits per heavy atom. The van der Waals surface area contributed by atoms with E-state index in [1.807, 2.05) is 0 Å². The van der Waals surface area contributed by atoms with Gasteiger partial charge in [-0.05, 0) is 12.1 Å². The maximum Gasteiger partial charge on any atom is 0.203 e. The first-order valence-electron chi connectivity index (χ1n) is 6.07. The second-order valence-corrected chi connectivity index (χ2v) is 4.27. The number of aromatic nitrogens is 2. The molecule has 2 aromatic rings. The van der Waals surface area contributed by atoms with Crippen molar-refractivity contribution in [1.29, 1.82) is 0 Å². The maximum absolute atomic E-state index is 10.5. The smallest absolute Gasteiger partial charge is 0.203 e. The average Bonchev–Trinajstić information content (AvgIpc) is 2.91. The second kappa shape index (κ2) is 5.83. The van der Waals surface area contributed by atoms with E-state index in [1.165, 1.54) is 14.2 Å². The highest BCUT2D eigenvalue weighted by atomic mass is 16.5. The minimum absolute atomic E-state index is 0.447. The van der Waals surface area contributed by atoms with Crippen molar-refractivity contribution in [3.63, 3.8) is 0 Å². The van der Waals surface area contributed by atoms with Crippen molar-refractivity contribution in [3.8, 4) is 17.2 Å². The number of methoxy groups -OCH3 is 3. The summed E-state index contributed by atoms with van der Waals surface area (Å²) in [4.78, 5) is 0. The lowest BCUT2D eigenvalue weighted by molar-refractivity contribution is 0.212. The van der Waals surface area contributed by atoms with Gasteiger partial charge in [0.05, 0.1) is 27.5 Å². The third-order valence-corrected chi connectivity index (χ3v) is 3.07. The molecule has 0 aliphatic carbocycles. The molecule has 0 saturated heterocycles. The highest BCUT2D eigenvalue weighted by Gasteiger charge is 2.22. The van der Waals surface area contributed by atoms with Gasteiger partial charge < -0.3 is 19.3 Å². The summed E-state index contributed by atoms with van der Waals surface area (Å²) in [6.45, 7) is 0. The largest absolute Gasteiger partial charge is 0.493 e. The van der Waals surface area contributed by atoms with Crippen LogP contribution in [0.25, 0.3) is 0 Å². The molecular weight excluding hydrogens is 260 g/mol. The van der Waals surface area contributed by atoms with Crippen LogP contribution in [0.15, 0.2) is 24.5 Å². The highest BCUT2D eigenvalue weighted by molar-refractivity contribution is 5.57. The first-order chi connectivity index (χ1) is 9.62. The molecule has 20 heavy (non-hydrogen) atoms. The summed E-state index contributed by atoms with van der Waals surface area (Å²) in [5.74, 6) is 1.45. The number of hydrogen-bond donors (Lipinski definition) is 1. The molecule has 1 atom stereocenters. The van der Waals surface area contributed by atoms with Crippen LogP contribution in [0, 0.1) is 0 Å². The van der Waals surface area contributed by atoms with Crippen LogP contribution in [0.3, 0.4) is 0 Å². The van der Waals surface area contributed by atoms with Crippen LogP contribution in [0.2, 0.25) is 0 Å². The quantitative estimate of drug-likeness (QED) is 0.898. The Kier molecular flexibility index (Phi) is 4.14. The Morgan fingerprint density at radius 3 is 2.30 bits per heavy atom. The van der Waals surface area contributed by atoms with Crippen LogP contribution >= 0.6 is 0 Å². The molecule has 1 N–H and O–H groups in total. The molecular formula is C14H18N2O4. The lowest BCUT2D eigenvalue weighted by atomic mass is 10.0. The van der Waals surface area contributed by atoms with Gasteiger partial charge >= 0.3 is 0 Å². The zero-order valence-electron chi connectivity index (χ0n) is 12.0. The van der Waals surface area contributed by atoms with Gasteiger partial charge in [0.2, 0.25) is 5.75 Å². The van der Waals surface area contributed by atoms with Crippen molar-refractivity contribution >= 4 is 0 Å².